The van der Waals surface area contributed by atoms with Crippen LogP contribution < -0.4 is 14.4 Å². The first kappa shape index (κ1) is 21.4. The van der Waals surface area contributed by atoms with Gasteiger partial charge < -0.3 is 10.1 Å². The van der Waals surface area contributed by atoms with Gasteiger partial charge in [0.25, 0.3) is 5.91 Å². The molecule has 3 aromatic rings. The fourth-order valence-electron chi connectivity index (χ4n) is 2.93. The molecule has 0 saturated heterocycles. The fourth-order valence-corrected chi connectivity index (χ4v) is 3.81. The van der Waals surface area contributed by atoms with Crippen molar-refractivity contribution >= 4 is 27.3 Å². The molecule has 0 aliphatic rings. The number of carbonyl (C=O) groups excluding carboxylic acids is 1. The topological polar surface area (TPSA) is 75.7 Å². The fraction of sp³-hybridized carbons (Fsp3) is 0.174. The molecule has 7 heteroatoms. The maximum absolute atomic E-state index is 12.5. The molecular formula is C23H24N2O4S. The van der Waals surface area contributed by atoms with Gasteiger partial charge in [0.2, 0.25) is 10.0 Å². The van der Waals surface area contributed by atoms with Crippen LogP contribution in [0.15, 0.2) is 78.9 Å². The van der Waals surface area contributed by atoms with E-state index in [9.17, 15) is 13.2 Å². The van der Waals surface area contributed by atoms with Crippen LogP contribution in [0.4, 0.5) is 11.4 Å². The van der Waals surface area contributed by atoms with E-state index in [-0.39, 0.29) is 12.5 Å². The number of carbonyl (C=O) groups is 1. The molecule has 0 aliphatic carbocycles. The molecule has 0 spiro atoms. The number of rotatable bonds is 8. The van der Waals surface area contributed by atoms with Gasteiger partial charge in [-0.15, -0.1) is 0 Å². The Morgan fingerprint density at radius 1 is 0.933 bits per heavy atom. The summed E-state index contributed by atoms with van der Waals surface area (Å²) in [5.74, 6) is 0.502. The minimum atomic E-state index is -3.45. The van der Waals surface area contributed by atoms with Gasteiger partial charge in [-0.2, -0.15) is 0 Å². The summed E-state index contributed by atoms with van der Waals surface area (Å²) in [6.07, 6.45) is 1.18. The van der Waals surface area contributed by atoms with Gasteiger partial charge in [0.15, 0.2) is 0 Å². The van der Waals surface area contributed by atoms with Crippen LogP contribution in [0.25, 0.3) is 0 Å². The van der Waals surface area contributed by atoms with E-state index in [0.717, 1.165) is 11.3 Å². The SMILES string of the molecule is CCOc1ccc(NC(=O)c2ccc(CN(c3ccccc3)S(C)(=O)=O)cc2)cc1. The second-order valence-electron chi connectivity index (χ2n) is 6.71. The lowest BCUT2D eigenvalue weighted by atomic mass is 10.1. The summed E-state index contributed by atoms with van der Waals surface area (Å²) in [7, 11) is -3.45. The third-order valence-corrected chi connectivity index (χ3v) is 5.55. The highest BCUT2D eigenvalue weighted by molar-refractivity contribution is 7.92. The van der Waals surface area contributed by atoms with E-state index in [0.29, 0.717) is 23.5 Å². The van der Waals surface area contributed by atoms with Gasteiger partial charge >= 0.3 is 0 Å². The van der Waals surface area contributed by atoms with Crippen LogP contribution in [-0.4, -0.2) is 27.2 Å². The number of para-hydroxylation sites is 1. The van der Waals surface area contributed by atoms with Crippen molar-refractivity contribution < 1.29 is 17.9 Å². The largest absolute Gasteiger partial charge is 0.494 e. The summed E-state index contributed by atoms with van der Waals surface area (Å²) in [6.45, 7) is 2.68. The van der Waals surface area contributed by atoms with Crippen LogP contribution in [-0.2, 0) is 16.6 Å². The highest BCUT2D eigenvalue weighted by atomic mass is 32.2. The van der Waals surface area contributed by atoms with Crippen molar-refractivity contribution in [2.45, 2.75) is 13.5 Å². The van der Waals surface area contributed by atoms with E-state index < -0.39 is 10.0 Å². The van der Waals surface area contributed by atoms with Crippen molar-refractivity contribution in [1.29, 1.82) is 0 Å². The van der Waals surface area contributed by atoms with E-state index in [4.69, 9.17) is 4.74 Å². The number of nitrogens with one attached hydrogen (secondary N) is 1. The lowest BCUT2D eigenvalue weighted by molar-refractivity contribution is 0.102. The first-order valence-electron chi connectivity index (χ1n) is 9.52. The molecule has 0 bridgehead atoms. The number of ether oxygens (including phenoxy) is 1. The van der Waals surface area contributed by atoms with Crippen LogP contribution in [0.5, 0.6) is 5.75 Å². The quantitative estimate of drug-likeness (QED) is 0.585. The molecule has 30 heavy (non-hydrogen) atoms. The third-order valence-electron chi connectivity index (χ3n) is 4.41. The Labute approximate surface area is 177 Å². The maximum atomic E-state index is 12.5. The second kappa shape index (κ2) is 9.45. The lowest BCUT2D eigenvalue weighted by Crippen LogP contribution is -2.29. The number of amides is 1. The predicted octanol–water partition coefficient (Wildman–Crippen LogP) is 4.30. The molecule has 0 aromatic heterocycles. The third kappa shape index (κ3) is 5.61. The summed E-state index contributed by atoms with van der Waals surface area (Å²) in [5.41, 5.74) is 2.53. The summed E-state index contributed by atoms with van der Waals surface area (Å²) in [6, 6.07) is 23.0. The standard InChI is InChI=1S/C23H24N2O4S/c1-3-29-22-15-13-20(14-16-22)24-23(26)19-11-9-18(10-12-19)17-25(30(2,27)28)21-7-5-4-6-8-21/h4-16H,3,17H2,1-2H3,(H,24,26). The number of anilines is 2. The molecule has 6 nitrogen and oxygen atoms in total. The molecule has 156 valence electrons. The summed E-state index contributed by atoms with van der Waals surface area (Å²) < 4.78 is 31.2. The molecule has 0 unspecified atom stereocenters. The Morgan fingerprint density at radius 3 is 2.13 bits per heavy atom. The van der Waals surface area contributed by atoms with Gasteiger partial charge in [0, 0.05) is 11.3 Å². The zero-order valence-electron chi connectivity index (χ0n) is 16.9. The first-order chi connectivity index (χ1) is 14.4. The van der Waals surface area contributed by atoms with Crippen molar-refractivity contribution in [3.8, 4) is 5.75 Å². The normalized spacial score (nSPS) is 11.0. The Balaban J connectivity index is 1.69. The molecule has 3 aromatic carbocycles. The summed E-state index contributed by atoms with van der Waals surface area (Å²) >= 11 is 0. The minimum Gasteiger partial charge on any atom is -0.494 e. The van der Waals surface area contributed by atoms with E-state index in [1.165, 1.54) is 10.6 Å². The zero-order valence-corrected chi connectivity index (χ0v) is 17.7. The molecular weight excluding hydrogens is 400 g/mol. The van der Waals surface area contributed by atoms with Crippen LogP contribution in [0.1, 0.15) is 22.8 Å². The van der Waals surface area contributed by atoms with E-state index in [1.807, 2.05) is 13.0 Å². The van der Waals surface area contributed by atoms with Crippen LogP contribution in [0, 0.1) is 0 Å². The summed E-state index contributed by atoms with van der Waals surface area (Å²) in [4.78, 5) is 12.5. The number of sulfonamides is 1. The van der Waals surface area contributed by atoms with Crippen LogP contribution in [0.3, 0.4) is 0 Å². The van der Waals surface area contributed by atoms with E-state index >= 15 is 0 Å². The molecule has 0 fully saturated rings. The second-order valence-corrected chi connectivity index (χ2v) is 8.62. The van der Waals surface area contributed by atoms with Crippen molar-refractivity contribution in [2.75, 3.05) is 22.5 Å². The van der Waals surface area contributed by atoms with Crippen molar-refractivity contribution in [3.05, 3.63) is 90.0 Å². The average Bonchev–Trinajstić information content (AvgIpc) is 2.74. The van der Waals surface area contributed by atoms with Gasteiger partial charge in [-0.05, 0) is 61.0 Å². The van der Waals surface area contributed by atoms with Gasteiger partial charge in [0.05, 0.1) is 25.1 Å². The molecule has 0 aliphatic heterocycles. The first-order valence-corrected chi connectivity index (χ1v) is 11.4. The molecule has 3 rings (SSSR count). The number of benzene rings is 3. The number of nitrogens with zero attached hydrogens (tertiary/aromatic N) is 1. The molecule has 1 amide bonds. The van der Waals surface area contributed by atoms with E-state index in [1.54, 1.807) is 72.8 Å². The molecule has 1 N–H and O–H groups in total. The Kier molecular flexibility index (Phi) is 6.74. The molecule has 0 heterocycles. The molecule has 0 atom stereocenters. The van der Waals surface area contributed by atoms with Gasteiger partial charge in [-0.25, -0.2) is 8.42 Å². The van der Waals surface area contributed by atoms with Crippen molar-refractivity contribution in [3.63, 3.8) is 0 Å². The number of hydrogen-bond donors (Lipinski definition) is 1. The monoisotopic (exact) mass is 424 g/mol. The predicted molar refractivity (Wildman–Crippen MR) is 119 cm³/mol. The van der Waals surface area contributed by atoms with Gasteiger partial charge in [-0.3, -0.25) is 9.10 Å². The highest BCUT2D eigenvalue weighted by Crippen LogP contribution is 2.21. The molecule has 0 saturated carbocycles. The average molecular weight is 425 g/mol. The lowest BCUT2D eigenvalue weighted by Gasteiger charge is -2.22. The van der Waals surface area contributed by atoms with Crippen LogP contribution >= 0.6 is 0 Å². The Bertz CT molecular complexity index is 1080. The Morgan fingerprint density at radius 2 is 1.57 bits per heavy atom. The molecule has 0 radical (unpaired) electrons. The van der Waals surface area contributed by atoms with Crippen LogP contribution in [0.2, 0.25) is 0 Å². The van der Waals surface area contributed by atoms with Gasteiger partial charge in [0.1, 0.15) is 5.75 Å². The van der Waals surface area contributed by atoms with Crippen molar-refractivity contribution in [2.24, 2.45) is 0 Å². The smallest absolute Gasteiger partial charge is 0.255 e. The maximum Gasteiger partial charge on any atom is 0.255 e. The number of hydrogen-bond acceptors (Lipinski definition) is 4. The van der Waals surface area contributed by atoms with Crippen molar-refractivity contribution in [1.82, 2.24) is 0 Å². The van der Waals surface area contributed by atoms with Gasteiger partial charge in [-0.1, -0.05) is 30.3 Å². The zero-order chi connectivity index (χ0) is 21.6. The van der Waals surface area contributed by atoms with E-state index in [2.05, 4.69) is 5.32 Å². The Hall–Kier alpha value is -3.32. The highest BCUT2D eigenvalue weighted by Gasteiger charge is 2.17. The summed E-state index contributed by atoms with van der Waals surface area (Å²) in [5, 5.41) is 2.84. The minimum absolute atomic E-state index is 0.184.